The molecule has 0 aliphatic rings. The van der Waals surface area contributed by atoms with Crippen molar-refractivity contribution in [1.82, 2.24) is 0 Å². The SMILES string of the molecule is CCCCC[C@@H](N)c1ccc(F)c(C(F)(F)F)c1. The third kappa shape index (κ3) is 3.98. The van der Waals surface area contributed by atoms with Gasteiger partial charge in [-0.1, -0.05) is 32.3 Å². The molecule has 102 valence electrons. The lowest BCUT2D eigenvalue weighted by Crippen LogP contribution is -2.14. The highest BCUT2D eigenvalue weighted by Crippen LogP contribution is 2.33. The summed E-state index contributed by atoms with van der Waals surface area (Å²) in [5, 5.41) is 0. The van der Waals surface area contributed by atoms with Crippen molar-refractivity contribution in [1.29, 1.82) is 0 Å². The minimum Gasteiger partial charge on any atom is -0.324 e. The summed E-state index contributed by atoms with van der Waals surface area (Å²) >= 11 is 0. The van der Waals surface area contributed by atoms with Crippen molar-refractivity contribution in [3.05, 3.63) is 35.1 Å². The standard InChI is InChI=1S/C13H17F4N/c1-2-3-4-5-12(18)9-6-7-11(14)10(8-9)13(15,16)17/h6-8,12H,2-5,18H2,1H3/t12-/m1/s1. The number of benzene rings is 1. The maximum absolute atomic E-state index is 13.1. The van der Waals surface area contributed by atoms with Gasteiger partial charge in [-0.2, -0.15) is 13.2 Å². The van der Waals surface area contributed by atoms with Gasteiger partial charge >= 0.3 is 6.18 Å². The van der Waals surface area contributed by atoms with Crippen LogP contribution in [0.5, 0.6) is 0 Å². The normalized spacial score (nSPS) is 13.7. The van der Waals surface area contributed by atoms with Gasteiger partial charge in [0.05, 0.1) is 5.56 Å². The quantitative estimate of drug-likeness (QED) is 0.617. The molecule has 0 aliphatic heterocycles. The zero-order valence-corrected chi connectivity index (χ0v) is 10.2. The van der Waals surface area contributed by atoms with Gasteiger partial charge in [-0.3, -0.25) is 0 Å². The Morgan fingerprint density at radius 1 is 1.22 bits per heavy atom. The molecule has 2 N–H and O–H groups in total. The van der Waals surface area contributed by atoms with Gasteiger partial charge in [-0.05, 0) is 24.1 Å². The second kappa shape index (κ2) is 6.18. The Hall–Kier alpha value is -1.10. The van der Waals surface area contributed by atoms with Gasteiger partial charge in [0.1, 0.15) is 5.82 Å². The topological polar surface area (TPSA) is 26.0 Å². The second-order valence-electron chi connectivity index (χ2n) is 4.34. The smallest absolute Gasteiger partial charge is 0.324 e. The fourth-order valence-corrected chi connectivity index (χ4v) is 1.77. The van der Waals surface area contributed by atoms with Crippen LogP contribution in [-0.4, -0.2) is 0 Å². The van der Waals surface area contributed by atoms with Crippen molar-refractivity contribution in [3.63, 3.8) is 0 Å². The minimum atomic E-state index is -4.68. The van der Waals surface area contributed by atoms with E-state index in [0.717, 1.165) is 31.4 Å². The summed E-state index contributed by atoms with van der Waals surface area (Å²) in [5.74, 6) is -1.26. The molecular formula is C13H17F4N. The molecule has 0 bridgehead atoms. The van der Waals surface area contributed by atoms with Crippen molar-refractivity contribution < 1.29 is 17.6 Å². The molecule has 1 rings (SSSR count). The van der Waals surface area contributed by atoms with Crippen molar-refractivity contribution >= 4 is 0 Å². The van der Waals surface area contributed by atoms with Crippen LogP contribution < -0.4 is 5.73 Å². The van der Waals surface area contributed by atoms with E-state index in [1.807, 2.05) is 6.92 Å². The number of rotatable bonds is 5. The Balaban J connectivity index is 2.84. The van der Waals surface area contributed by atoms with E-state index in [4.69, 9.17) is 5.73 Å². The molecule has 0 saturated carbocycles. The Morgan fingerprint density at radius 2 is 1.89 bits per heavy atom. The molecule has 0 spiro atoms. The zero-order chi connectivity index (χ0) is 13.8. The van der Waals surface area contributed by atoms with E-state index in [1.54, 1.807) is 0 Å². The van der Waals surface area contributed by atoms with Crippen LogP contribution >= 0.6 is 0 Å². The molecule has 0 unspecified atom stereocenters. The largest absolute Gasteiger partial charge is 0.419 e. The van der Waals surface area contributed by atoms with Crippen LogP contribution in [0.25, 0.3) is 0 Å². The summed E-state index contributed by atoms with van der Waals surface area (Å²) in [5.41, 5.74) is 4.90. The lowest BCUT2D eigenvalue weighted by atomic mass is 9.99. The highest BCUT2D eigenvalue weighted by molar-refractivity contribution is 5.29. The van der Waals surface area contributed by atoms with Crippen molar-refractivity contribution in [3.8, 4) is 0 Å². The molecule has 5 heteroatoms. The first-order valence-electron chi connectivity index (χ1n) is 5.98. The zero-order valence-electron chi connectivity index (χ0n) is 10.2. The van der Waals surface area contributed by atoms with Gasteiger partial charge < -0.3 is 5.73 Å². The Labute approximate surface area is 104 Å². The molecule has 0 radical (unpaired) electrons. The van der Waals surface area contributed by atoms with Crippen molar-refractivity contribution in [2.75, 3.05) is 0 Å². The number of alkyl halides is 3. The highest BCUT2D eigenvalue weighted by Gasteiger charge is 2.34. The lowest BCUT2D eigenvalue weighted by Gasteiger charge is -2.15. The molecule has 0 amide bonds. The predicted molar refractivity (Wildman–Crippen MR) is 62.5 cm³/mol. The van der Waals surface area contributed by atoms with Crippen molar-refractivity contribution in [2.45, 2.75) is 44.8 Å². The van der Waals surface area contributed by atoms with Crippen LogP contribution in [-0.2, 0) is 6.18 Å². The lowest BCUT2D eigenvalue weighted by molar-refractivity contribution is -0.140. The van der Waals surface area contributed by atoms with E-state index < -0.39 is 23.6 Å². The van der Waals surface area contributed by atoms with Gasteiger partial charge in [0.15, 0.2) is 0 Å². The molecule has 1 aromatic carbocycles. The van der Waals surface area contributed by atoms with Gasteiger partial charge in [0.2, 0.25) is 0 Å². The monoisotopic (exact) mass is 263 g/mol. The third-order valence-electron chi connectivity index (χ3n) is 2.84. The maximum atomic E-state index is 13.1. The van der Waals surface area contributed by atoms with E-state index in [0.29, 0.717) is 12.0 Å². The molecule has 1 atom stereocenters. The average Bonchev–Trinajstić information content (AvgIpc) is 2.28. The van der Waals surface area contributed by atoms with E-state index >= 15 is 0 Å². The maximum Gasteiger partial charge on any atom is 0.419 e. The van der Waals surface area contributed by atoms with Crippen LogP contribution in [0.15, 0.2) is 18.2 Å². The van der Waals surface area contributed by atoms with Gasteiger partial charge in [0.25, 0.3) is 0 Å². The summed E-state index contributed by atoms with van der Waals surface area (Å²) in [6, 6.07) is 2.49. The van der Waals surface area contributed by atoms with Crippen LogP contribution in [0.1, 0.15) is 49.8 Å². The van der Waals surface area contributed by atoms with Crippen molar-refractivity contribution in [2.24, 2.45) is 5.73 Å². The molecule has 0 aromatic heterocycles. The second-order valence-corrected chi connectivity index (χ2v) is 4.34. The minimum absolute atomic E-state index is 0.333. The summed E-state index contributed by atoms with van der Waals surface area (Å²) in [6.45, 7) is 2.03. The van der Waals surface area contributed by atoms with E-state index in [-0.39, 0.29) is 0 Å². The summed E-state index contributed by atoms with van der Waals surface area (Å²) in [7, 11) is 0. The van der Waals surface area contributed by atoms with Crippen LogP contribution in [0, 0.1) is 5.82 Å². The number of halogens is 4. The fraction of sp³-hybridized carbons (Fsp3) is 0.538. The van der Waals surface area contributed by atoms with Gasteiger partial charge in [-0.25, -0.2) is 4.39 Å². The number of unbranched alkanes of at least 4 members (excludes halogenated alkanes) is 2. The van der Waals surface area contributed by atoms with Crippen LogP contribution in [0.3, 0.4) is 0 Å². The summed E-state index contributed by atoms with van der Waals surface area (Å²) in [4.78, 5) is 0. The molecule has 0 saturated heterocycles. The van der Waals surface area contributed by atoms with E-state index in [2.05, 4.69) is 0 Å². The first kappa shape index (κ1) is 15.0. The number of hydrogen-bond donors (Lipinski definition) is 1. The van der Waals surface area contributed by atoms with Crippen LogP contribution in [0.4, 0.5) is 17.6 Å². The van der Waals surface area contributed by atoms with E-state index in [9.17, 15) is 17.6 Å². The Morgan fingerprint density at radius 3 is 2.44 bits per heavy atom. The Kier molecular flexibility index (Phi) is 5.14. The molecule has 0 aliphatic carbocycles. The molecule has 18 heavy (non-hydrogen) atoms. The number of nitrogens with two attached hydrogens (primary N) is 1. The molecular weight excluding hydrogens is 246 g/mol. The summed E-state index contributed by atoms with van der Waals surface area (Å²) < 4.78 is 50.6. The molecule has 0 fully saturated rings. The van der Waals surface area contributed by atoms with Crippen LogP contribution in [0.2, 0.25) is 0 Å². The molecule has 0 heterocycles. The van der Waals surface area contributed by atoms with Gasteiger partial charge in [-0.15, -0.1) is 0 Å². The summed E-state index contributed by atoms with van der Waals surface area (Å²) in [6.07, 6.45) is -1.21. The first-order valence-corrected chi connectivity index (χ1v) is 5.98. The number of hydrogen-bond acceptors (Lipinski definition) is 1. The first-order chi connectivity index (χ1) is 8.36. The molecule has 1 aromatic rings. The van der Waals surface area contributed by atoms with E-state index in [1.165, 1.54) is 6.07 Å². The molecule has 1 nitrogen and oxygen atoms in total. The highest BCUT2D eigenvalue weighted by atomic mass is 19.4. The predicted octanol–water partition coefficient (Wildman–Crippen LogP) is 4.42. The average molecular weight is 263 g/mol. The fourth-order valence-electron chi connectivity index (χ4n) is 1.77. The Bertz CT molecular complexity index is 387. The third-order valence-corrected chi connectivity index (χ3v) is 2.84. The van der Waals surface area contributed by atoms with Gasteiger partial charge in [0, 0.05) is 6.04 Å².